The fraction of sp³-hybridized carbons (Fsp3) is 0.250. The number of carbonyl (C=O) groups excluding carboxylic acids is 2. The van der Waals surface area contributed by atoms with Crippen molar-refractivity contribution in [2.45, 2.75) is 23.6 Å². The van der Waals surface area contributed by atoms with Crippen LogP contribution < -0.4 is 9.47 Å². The van der Waals surface area contributed by atoms with E-state index in [2.05, 4.69) is 45.0 Å². The van der Waals surface area contributed by atoms with Crippen LogP contribution in [0.25, 0.3) is 0 Å². The first-order valence-electron chi connectivity index (χ1n) is 10.2. The summed E-state index contributed by atoms with van der Waals surface area (Å²) in [4.78, 5) is 22.9. The van der Waals surface area contributed by atoms with Gasteiger partial charge in [-0.3, -0.25) is 0 Å². The molecule has 0 saturated heterocycles. The molecule has 0 bridgehead atoms. The standard InChI is InChI=1S/C24H24Br2O8S/c1-15(2)23(27)33-11-9-31-21-7-5-17(13-19(21)25)35(29,30)18-6-8-22(20(26)14-18)32-10-12-34-24(28)16(3)4/h5-8,13-14H,1,3,9-12H2,2,4H3. The van der Waals surface area contributed by atoms with Crippen LogP contribution in [-0.4, -0.2) is 46.8 Å². The van der Waals surface area contributed by atoms with Crippen molar-refractivity contribution in [1.82, 2.24) is 0 Å². The van der Waals surface area contributed by atoms with E-state index in [-0.39, 0.29) is 47.4 Å². The van der Waals surface area contributed by atoms with Gasteiger partial charge in [0.15, 0.2) is 0 Å². The number of esters is 2. The summed E-state index contributed by atoms with van der Waals surface area (Å²) >= 11 is 6.63. The third-order valence-corrected chi connectivity index (χ3v) is 7.26. The molecule has 0 aliphatic rings. The van der Waals surface area contributed by atoms with Crippen LogP contribution in [0.2, 0.25) is 0 Å². The maximum absolute atomic E-state index is 13.1. The number of ether oxygens (including phenoxy) is 4. The molecule has 0 saturated carbocycles. The number of benzene rings is 2. The van der Waals surface area contributed by atoms with Gasteiger partial charge in [0.25, 0.3) is 0 Å². The molecular weight excluding hydrogens is 608 g/mol. The van der Waals surface area contributed by atoms with Gasteiger partial charge in [0.2, 0.25) is 9.84 Å². The van der Waals surface area contributed by atoms with E-state index in [1.54, 1.807) is 13.8 Å². The first kappa shape index (κ1) is 28.6. The summed E-state index contributed by atoms with van der Waals surface area (Å²) in [5, 5.41) is 0. The molecule has 0 N–H and O–H groups in total. The molecule has 0 aliphatic carbocycles. The second-order valence-electron chi connectivity index (χ2n) is 7.22. The van der Waals surface area contributed by atoms with Crippen LogP contribution in [0.3, 0.4) is 0 Å². The number of hydrogen-bond acceptors (Lipinski definition) is 8. The molecule has 0 spiro atoms. The average molecular weight is 632 g/mol. The first-order valence-corrected chi connectivity index (χ1v) is 13.3. The largest absolute Gasteiger partial charge is 0.489 e. The lowest BCUT2D eigenvalue weighted by Gasteiger charge is -2.12. The molecule has 0 amide bonds. The van der Waals surface area contributed by atoms with Crippen molar-refractivity contribution >= 4 is 53.6 Å². The summed E-state index contributed by atoms with van der Waals surface area (Å²) in [7, 11) is -3.84. The van der Waals surface area contributed by atoms with Crippen LogP contribution in [0, 0.1) is 0 Å². The van der Waals surface area contributed by atoms with Gasteiger partial charge < -0.3 is 18.9 Å². The third-order valence-electron chi connectivity index (χ3n) is 4.27. The van der Waals surface area contributed by atoms with Crippen molar-refractivity contribution in [1.29, 1.82) is 0 Å². The molecule has 2 rings (SSSR count). The Labute approximate surface area is 221 Å². The minimum absolute atomic E-state index is 0.0248. The molecule has 0 atom stereocenters. The maximum atomic E-state index is 13.1. The molecule has 0 aliphatic heterocycles. The van der Waals surface area contributed by atoms with Crippen LogP contribution in [-0.2, 0) is 28.9 Å². The smallest absolute Gasteiger partial charge is 0.333 e. The van der Waals surface area contributed by atoms with E-state index in [0.29, 0.717) is 20.4 Å². The number of hydrogen-bond donors (Lipinski definition) is 0. The SMILES string of the molecule is C=C(C)C(=O)OCCOc1ccc(S(=O)(=O)c2ccc(OCCOC(=O)C(=C)C)c(Br)c2)cc1Br. The van der Waals surface area contributed by atoms with Gasteiger partial charge in [-0.05, 0) is 82.1 Å². The van der Waals surface area contributed by atoms with Gasteiger partial charge in [0.05, 0.1) is 18.7 Å². The quantitative estimate of drug-likeness (QED) is 0.182. The van der Waals surface area contributed by atoms with Crippen molar-refractivity contribution in [3.05, 3.63) is 69.6 Å². The van der Waals surface area contributed by atoms with E-state index in [4.69, 9.17) is 18.9 Å². The van der Waals surface area contributed by atoms with Crippen LogP contribution in [0.4, 0.5) is 0 Å². The number of halogens is 2. The molecule has 11 heteroatoms. The van der Waals surface area contributed by atoms with Gasteiger partial charge in [0, 0.05) is 11.1 Å². The van der Waals surface area contributed by atoms with Gasteiger partial charge in [-0.15, -0.1) is 0 Å². The second-order valence-corrected chi connectivity index (χ2v) is 10.9. The predicted molar refractivity (Wildman–Crippen MR) is 136 cm³/mol. The van der Waals surface area contributed by atoms with Gasteiger partial charge in [-0.25, -0.2) is 18.0 Å². The van der Waals surface area contributed by atoms with Gasteiger partial charge in [-0.1, -0.05) is 13.2 Å². The maximum Gasteiger partial charge on any atom is 0.333 e. The molecule has 0 heterocycles. The highest BCUT2D eigenvalue weighted by molar-refractivity contribution is 9.11. The van der Waals surface area contributed by atoms with Crippen molar-refractivity contribution in [3.8, 4) is 11.5 Å². The van der Waals surface area contributed by atoms with E-state index in [0.717, 1.165) is 0 Å². The summed E-state index contributed by atoms with van der Waals surface area (Å²) in [5.74, 6) is -0.231. The van der Waals surface area contributed by atoms with Gasteiger partial charge in [-0.2, -0.15) is 0 Å². The van der Waals surface area contributed by atoms with Crippen molar-refractivity contribution in [2.75, 3.05) is 26.4 Å². The van der Waals surface area contributed by atoms with Crippen molar-refractivity contribution in [3.63, 3.8) is 0 Å². The minimum Gasteiger partial charge on any atom is -0.489 e. The van der Waals surface area contributed by atoms with E-state index in [9.17, 15) is 18.0 Å². The zero-order valence-electron chi connectivity index (χ0n) is 19.1. The monoisotopic (exact) mass is 630 g/mol. The molecule has 0 radical (unpaired) electrons. The van der Waals surface area contributed by atoms with Gasteiger partial charge >= 0.3 is 11.9 Å². The van der Waals surface area contributed by atoms with E-state index in [1.807, 2.05) is 0 Å². The molecule has 35 heavy (non-hydrogen) atoms. The lowest BCUT2D eigenvalue weighted by molar-refractivity contribution is -0.140. The highest BCUT2D eigenvalue weighted by Gasteiger charge is 2.21. The van der Waals surface area contributed by atoms with Crippen LogP contribution in [0.5, 0.6) is 11.5 Å². The average Bonchev–Trinajstić information content (AvgIpc) is 2.80. The topological polar surface area (TPSA) is 105 Å². The summed E-state index contributed by atoms with van der Waals surface area (Å²) in [6.45, 7) is 10.3. The first-order chi connectivity index (χ1) is 16.4. The molecular formula is C24H24Br2O8S. The van der Waals surface area contributed by atoms with Gasteiger partial charge in [0.1, 0.15) is 37.9 Å². The third kappa shape index (κ3) is 8.22. The molecule has 0 unspecified atom stereocenters. The van der Waals surface area contributed by atoms with Crippen molar-refractivity contribution in [2.24, 2.45) is 0 Å². The molecule has 8 nitrogen and oxygen atoms in total. The van der Waals surface area contributed by atoms with E-state index in [1.165, 1.54) is 36.4 Å². The lowest BCUT2D eigenvalue weighted by atomic mass is 10.3. The number of carbonyl (C=O) groups is 2. The lowest BCUT2D eigenvalue weighted by Crippen LogP contribution is -2.13. The van der Waals surface area contributed by atoms with Crippen LogP contribution >= 0.6 is 31.9 Å². The minimum atomic E-state index is -3.84. The van der Waals surface area contributed by atoms with Crippen LogP contribution in [0.15, 0.2) is 79.4 Å². The van der Waals surface area contributed by atoms with E-state index < -0.39 is 21.8 Å². The predicted octanol–water partition coefficient (Wildman–Crippen LogP) is 5.04. The zero-order chi connectivity index (χ0) is 26.2. The highest BCUT2D eigenvalue weighted by Crippen LogP contribution is 2.33. The number of rotatable bonds is 12. The Morgan fingerprint density at radius 2 is 1.11 bits per heavy atom. The summed E-state index contributed by atoms with van der Waals surface area (Å²) in [5.41, 5.74) is 0.576. The zero-order valence-corrected chi connectivity index (χ0v) is 23.1. The highest BCUT2D eigenvalue weighted by atomic mass is 79.9. The number of sulfone groups is 1. The Morgan fingerprint density at radius 3 is 1.43 bits per heavy atom. The summed E-state index contributed by atoms with van der Waals surface area (Å²) < 4.78 is 48.1. The molecule has 0 aromatic heterocycles. The Kier molecular flexibility index (Phi) is 10.5. The fourth-order valence-corrected chi connectivity index (χ4v) is 5.09. The fourth-order valence-electron chi connectivity index (χ4n) is 2.49. The Morgan fingerprint density at radius 1 is 0.743 bits per heavy atom. The van der Waals surface area contributed by atoms with Crippen molar-refractivity contribution < 1.29 is 37.0 Å². The Hall–Kier alpha value is -2.63. The Balaban J connectivity index is 2.03. The normalized spacial score (nSPS) is 10.9. The Bertz CT molecular complexity index is 1150. The summed E-state index contributed by atoms with van der Waals surface area (Å²) in [6.07, 6.45) is 0. The van der Waals surface area contributed by atoms with Crippen LogP contribution in [0.1, 0.15) is 13.8 Å². The molecule has 188 valence electrons. The molecule has 2 aromatic rings. The molecule has 0 fully saturated rings. The molecule has 2 aromatic carbocycles. The summed E-state index contributed by atoms with van der Waals surface area (Å²) in [6, 6.07) is 8.72. The second kappa shape index (κ2) is 12.9. The van der Waals surface area contributed by atoms with E-state index >= 15 is 0 Å².